The van der Waals surface area contributed by atoms with Gasteiger partial charge >= 0.3 is 0 Å². The average Bonchev–Trinajstić information content (AvgIpc) is 2.95. The van der Waals surface area contributed by atoms with Gasteiger partial charge in [-0.2, -0.15) is 0 Å². The summed E-state index contributed by atoms with van der Waals surface area (Å²) in [5, 5.41) is 4.00. The van der Waals surface area contributed by atoms with Crippen LogP contribution >= 0.6 is 11.6 Å². The van der Waals surface area contributed by atoms with Crippen LogP contribution in [0.2, 0.25) is 5.02 Å². The van der Waals surface area contributed by atoms with Gasteiger partial charge < -0.3 is 14.8 Å². The first-order chi connectivity index (χ1) is 10.3. The van der Waals surface area contributed by atoms with Gasteiger partial charge in [0.25, 0.3) is 0 Å². The molecule has 0 aromatic heterocycles. The van der Waals surface area contributed by atoms with E-state index >= 15 is 0 Å². The number of fused-ring (bicyclic) bond motifs is 1. The minimum absolute atomic E-state index is 0.622. The molecule has 2 aromatic carbocycles. The molecule has 4 heteroatoms. The summed E-state index contributed by atoms with van der Waals surface area (Å²) in [6, 6.07) is 12.2. The topological polar surface area (TPSA) is 30.5 Å². The normalized spacial score (nSPS) is 12.7. The lowest BCUT2D eigenvalue weighted by Gasteiger charge is -2.09. The molecule has 21 heavy (non-hydrogen) atoms. The van der Waals surface area contributed by atoms with Crippen molar-refractivity contribution in [3.05, 3.63) is 52.5 Å². The van der Waals surface area contributed by atoms with Crippen LogP contribution in [-0.2, 0) is 12.8 Å². The zero-order valence-electron chi connectivity index (χ0n) is 12.0. The van der Waals surface area contributed by atoms with E-state index in [4.69, 9.17) is 21.1 Å². The van der Waals surface area contributed by atoms with E-state index in [1.165, 1.54) is 11.1 Å². The molecular weight excluding hydrogens is 286 g/mol. The molecule has 1 aliphatic heterocycles. The molecule has 0 unspecified atom stereocenters. The van der Waals surface area contributed by atoms with E-state index in [0.29, 0.717) is 10.8 Å². The minimum Gasteiger partial charge on any atom is -0.495 e. The molecule has 1 aliphatic rings. The van der Waals surface area contributed by atoms with Crippen molar-refractivity contribution in [1.82, 2.24) is 0 Å². The van der Waals surface area contributed by atoms with Crippen molar-refractivity contribution in [2.75, 3.05) is 25.6 Å². The van der Waals surface area contributed by atoms with Crippen LogP contribution < -0.4 is 14.8 Å². The fraction of sp³-hybridized carbons (Fsp3) is 0.294. The summed E-state index contributed by atoms with van der Waals surface area (Å²) in [5.41, 5.74) is 3.65. The molecule has 110 valence electrons. The van der Waals surface area contributed by atoms with Crippen LogP contribution in [0, 0.1) is 0 Å². The average molecular weight is 304 g/mol. The fourth-order valence-corrected chi connectivity index (χ4v) is 2.78. The summed E-state index contributed by atoms with van der Waals surface area (Å²) in [7, 11) is 1.62. The van der Waals surface area contributed by atoms with Crippen molar-refractivity contribution < 1.29 is 9.47 Å². The quantitative estimate of drug-likeness (QED) is 0.907. The Morgan fingerprint density at radius 2 is 2.14 bits per heavy atom. The highest BCUT2D eigenvalue weighted by Crippen LogP contribution is 2.28. The highest BCUT2D eigenvalue weighted by Gasteiger charge is 2.11. The molecular formula is C17H18ClNO2. The second-order valence-corrected chi connectivity index (χ2v) is 5.47. The van der Waals surface area contributed by atoms with Gasteiger partial charge in [0.15, 0.2) is 0 Å². The maximum absolute atomic E-state index is 6.11. The van der Waals surface area contributed by atoms with Gasteiger partial charge in [0, 0.05) is 18.7 Å². The molecule has 0 atom stereocenters. The highest BCUT2D eigenvalue weighted by molar-refractivity contribution is 6.32. The van der Waals surface area contributed by atoms with Crippen molar-refractivity contribution in [2.45, 2.75) is 12.8 Å². The Labute approximate surface area is 129 Å². The Balaban J connectivity index is 1.57. The molecule has 3 nitrogen and oxygen atoms in total. The SMILES string of the molecule is COc1ccc(NCCc2ccc3c(c2)CCO3)cc1Cl. The summed E-state index contributed by atoms with van der Waals surface area (Å²) < 4.78 is 10.7. The molecule has 0 radical (unpaired) electrons. The van der Waals surface area contributed by atoms with E-state index in [1.807, 2.05) is 18.2 Å². The number of rotatable bonds is 5. The predicted octanol–water partition coefficient (Wildman–Crippen LogP) is 3.94. The van der Waals surface area contributed by atoms with Crippen LogP contribution in [0.15, 0.2) is 36.4 Å². The number of anilines is 1. The Morgan fingerprint density at radius 3 is 2.95 bits per heavy atom. The van der Waals surface area contributed by atoms with Gasteiger partial charge in [0.2, 0.25) is 0 Å². The first kappa shape index (κ1) is 14.1. The second kappa shape index (κ2) is 6.27. The molecule has 1 N–H and O–H groups in total. The molecule has 0 amide bonds. The largest absolute Gasteiger partial charge is 0.495 e. The lowest BCUT2D eigenvalue weighted by atomic mass is 10.1. The number of benzene rings is 2. The van der Waals surface area contributed by atoms with Crippen LogP contribution in [0.3, 0.4) is 0 Å². The number of hydrogen-bond acceptors (Lipinski definition) is 3. The van der Waals surface area contributed by atoms with Crippen LogP contribution in [0.1, 0.15) is 11.1 Å². The van der Waals surface area contributed by atoms with Crippen molar-refractivity contribution in [3.63, 3.8) is 0 Å². The number of methoxy groups -OCH3 is 1. The predicted molar refractivity (Wildman–Crippen MR) is 85.8 cm³/mol. The van der Waals surface area contributed by atoms with Crippen LogP contribution in [-0.4, -0.2) is 20.3 Å². The third-order valence-corrected chi connectivity index (χ3v) is 3.94. The highest BCUT2D eigenvalue weighted by atomic mass is 35.5. The summed E-state index contributed by atoms with van der Waals surface area (Å²) in [6.07, 6.45) is 1.99. The number of halogens is 1. The monoisotopic (exact) mass is 303 g/mol. The summed E-state index contributed by atoms with van der Waals surface area (Å²) in [6.45, 7) is 1.67. The van der Waals surface area contributed by atoms with E-state index in [1.54, 1.807) is 7.11 Å². The number of ether oxygens (including phenoxy) is 2. The Bertz CT molecular complexity index is 643. The molecule has 0 fully saturated rings. The van der Waals surface area contributed by atoms with E-state index in [2.05, 4.69) is 23.5 Å². The molecule has 0 saturated heterocycles. The van der Waals surface area contributed by atoms with E-state index < -0.39 is 0 Å². The summed E-state index contributed by atoms with van der Waals surface area (Å²) in [4.78, 5) is 0. The first-order valence-corrected chi connectivity index (χ1v) is 7.46. The van der Waals surface area contributed by atoms with Gasteiger partial charge in [0.1, 0.15) is 11.5 Å². The lowest BCUT2D eigenvalue weighted by Crippen LogP contribution is -2.05. The number of nitrogens with one attached hydrogen (secondary N) is 1. The first-order valence-electron chi connectivity index (χ1n) is 7.08. The second-order valence-electron chi connectivity index (χ2n) is 5.07. The van der Waals surface area contributed by atoms with Crippen molar-refractivity contribution in [3.8, 4) is 11.5 Å². The van der Waals surface area contributed by atoms with Gasteiger partial charge in [-0.05, 0) is 41.8 Å². The van der Waals surface area contributed by atoms with Crippen molar-refractivity contribution in [2.24, 2.45) is 0 Å². The van der Waals surface area contributed by atoms with Crippen molar-refractivity contribution >= 4 is 17.3 Å². The standard InChI is InChI=1S/C17H18ClNO2/c1-20-17-5-3-14(11-15(17)18)19-8-6-12-2-4-16-13(10-12)7-9-21-16/h2-5,10-11,19H,6-9H2,1H3. The maximum atomic E-state index is 6.11. The Morgan fingerprint density at radius 1 is 1.24 bits per heavy atom. The summed E-state index contributed by atoms with van der Waals surface area (Å²) >= 11 is 6.11. The molecule has 1 heterocycles. The van der Waals surface area contributed by atoms with Crippen LogP contribution in [0.25, 0.3) is 0 Å². The minimum atomic E-state index is 0.622. The third-order valence-electron chi connectivity index (χ3n) is 3.65. The molecule has 0 spiro atoms. The maximum Gasteiger partial charge on any atom is 0.137 e. The van der Waals surface area contributed by atoms with Gasteiger partial charge in [0.05, 0.1) is 18.7 Å². The summed E-state index contributed by atoms with van der Waals surface area (Å²) in [5.74, 6) is 1.73. The van der Waals surface area contributed by atoms with E-state index in [0.717, 1.165) is 37.4 Å². The van der Waals surface area contributed by atoms with Gasteiger partial charge in [-0.3, -0.25) is 0 Å². The van der Waals surface area contributed by atoms with Crippen LogP contribution in [0.4, 0.5) is 5.69 Å². The molecule has 3 rings (SSSR count). The number of hydrogen-bond donors (Lipinski definition) is 1. The fourth-order valence-electron chi connectivity index (χ4n) is 2.52. The van der Waals surface area contributed by atoms with Gasteiger partial charge in [-0.1, -0.05) is 23.7 Å². The third kappa shape index (κ3) is 3.24. The Kier molecular flexibility index (Phi) is 4.20. The molecule has 2 aromatic rings. The lowest BCUT2D eigenvalue weighted by molar-refractivity contribution is 0.357. The van der Waals surface area contributed by atoms with Crippen molar-refractivity contribution in [1.29, 1.82) is 0 Å². The van der Waals surface area contributed by atoms with E-state index in [-0.39, 0.29) is 0 Å². The zero-order chi connectivity index (χ0) is 14.7. The van der Waals surface area contributed by atoms with E-state index in [9.17, 15) is 0 Å². The van der Waals surface area contributed by atoms with Gasteiger partial charge in [-0.25, -0.2) is 0 Å². The molecule has 0 bridgehead atoms. The van der Waals surface area contributed by atoms with Crippen LogP contribution in [0.5, 0.6) is 11.5 Å². The Hall–Kier alpha value is -1.87. The van der Waals surface area contributed by atoms with Gasteiger partial charge in [-0.15, -0.1) is 0 Å². The smallest absolute Gasteiger partial charge is 0.137 e. The zero-order valence-corrected chi connectivity index (χ0v) is 12.7. The molecule has 0 saturated carbocycles. The molecule has 0 aliphatic carbocycles.